The normalized spacial score (nSPS) is 12.1. The van der Waals surface area contributed by atoms with Crippen molar-refractivity contribution in [2.75, 3.05) is 5.32 Å². The van der Waals surface area contributed by atoms with Crippen LogP contribution in [0.4, 0.5) is 5.69 Å². The molecule has 0 aliphatic rings. The van der Waals surface area contributed by atoms with E-state index in [2.05, 4.69) is 15.3 Å². The maximum atomic E-state index is 12.3. The number of aromatic nitrogens is 2. The van der Waals surface area contributed by atoms with Crippen LogP contribution in [0.25, 0.3) is 0 Å². The minimum Gasteiger partial charge on any atom is -0.324 e. The molecule has 23 heavy (non-hydrogen) atoms. The van der Waals surface area contributed by atoms with Crippen LogP contribution in [0, 0.1) is 20.8 Å². The van der Waals surface area contributed by atoms with Crippen molar-refractivity contribution >= 4 is 46.6 Å². The van der Waals surface area contributed by atoms with E-state index in [1.807, 2.05) is 20.8 Å². The Morgan fingerprint density at radius 3 is 2.39 bits per heavy atom. The van der Waals surface area contributed by atoms with Gasteiger partial charge >= 0.3 is 0 Å². The predicted molar refractivity (Wildman–Crippen MR) is 96.7 cm³/mol. The van der Waals surface area contributed by atoms with Crippen LogP contribution in [-0.4, -0.2) is 21.1 Å². The van der Waals surface area contributed by atoms with Gasteiger partial charge in [-0.1, -0.05) is 41.0 Å². The molecular formula is C16H17Cl2N3OS. The average molecular weight is 370 g/mol. The predicted octanol–water partition coefficient (Wildman–Crippen LogP) is 4.83. The van der Waals surface area contributed by atoms with Gasteiger partial charge in [0, 0.05) is 11.4 Å². The molecule has 1 aromatic heterocycles. The zero-order chi connectivity index (χ0) is 17.1. The molecule has 4 nitrogen and oxygen atoms in total. The lowest BCUT2D eigenvalue weighted by atomic mass is 10.2. The van der Waals surface area contributed by atoms with E-state index >= 15 is 0 Å². The molecule has 0 aliphatic heterocycles. The number of benzene rings is 1. The van der Waals surface area contributed by atoms with Crippen LogP contribution in [0.1, 0.15) is 23.9 Å². The Kier molecular flexibility index (Phi) is 5.89. The monoisotopic (exact) mass is 369 g/mol. The number of halogens is 2. The summed E-state index contributed by atoms with van der Waals surface area (Å²) in [6.45, 7) is 7.65. The van der Waals surface area contributed by atoms with E-state index in [4.69, 9.17) is 23.2 Å². The maximum Gasteiger partial charge on any atom is 0.237 e. The summed E-state index contributed by atoms with van der Waals surface area (Å²) in [5, 5.41) is 3.73. The number of nitrogens with zero attached hydrogens (tertiary/aromatic N) is 2. The summed E-state index contributed by atoms with van der Waals surface area (Å²) in [4.78, 5) is 21.2. The van der Waals surface area contributed by atoms with Gasteiger partial charge in [-0.05, 0) is 45.4 Å². The molecule has 0 unspecified atom stereocenters. The SMILES string of the molecule is Cc1nc(S[C@@H](C)C(=O)Nc2cccc(Cl)c2Cl)nc(C)c1C. The molecule has 0 fully saturated rings. The number of amides is 1. The van der Waals surface area contributed by atoms with Gasteiger partial charge in [-0.3, -0.25) is 4.79 Å². The van der Waals surface area contributed by atoms with Crippen molar-refractivity contribution in [1.29, 1.82) is 0 Å². The fourth-order valence-corrected chi connectivity index (χ4v) is 3.05. The van der Waals surface area contributed by atoms with E-state index in [1.165, 1.54) is 11.8 Å². The van der Waals surface area contributed by atoms with Gasteiger partial charge < -0.3 is 5.32 Å². The molecule has 1 N–H and O–H groups in total. The number of anilines is 1. The van der Waals surface area contributed by atoms with E-state index in [1.54, 1.807) is 25.1 Å². The van der Waals surface area contributed by atoms with Crippen molar-refractivity contribution in [2.45, 2.75) is 38.1 Å². The van der Waals surface area contributed by atoms with Crippen LogP contribution in [0.3, 0.4) is 0 Å². The first-order valence-corrected chi connectivity index (χ1v) is 8.66. The molecular weight excluding hydrogens is 353 g/mol. The Labute approximate surface area is 150 Å². The maximum absolute atomic E-state index is 12.3. The summed E-state index contributed by atoms with van der Waals surface area (Å²) in [5.41, 5.74) is 3.40. The van der Waals surface area contributed by atoms with Crippen LogP contribution in [0.5, 0.6) is 0 Å². The van der Waals surface area contributed by atoms with Gasteiger partial charge in [-0.15, -0.1) is 0 Å². The minimum absolute atomic E-state index is 0.182. The van der Waals surface area contributed by atoms with Crippen LogP contribution < -0.4 is 5.32 Å². The summed E-state index contributed by atoms with van der Waals surface area (Å²) in [5.74, 6) is -0.182. The third-order valence-electron chi connectivity index (χ3n) is 3.47. The molecule has 122 valence electrons. The highest BCUT2D eigenvalue weighted by Gasteiger charge is 2.18. The number of carbonyl (C=O) groups is 1. The zero-order valence-corrected chi connectivity index (χ0v) is 15.6. The van der Waals surface area contributed by atoms with Gasteiger partial charge in [-0.25, -0.2) is 9.97 Å². The van der Waals surface area contributed by atoms with Gasteiger partial charge in [-0.2, -0.15) is 0 Å². The van der Waals surface area contributed by atoms with Crippen LogP contribution >= 0.6 is 35.0 Å². The number of nitrogens with one attached hydrogen (secondary N) is 1. The van der Waals surface area contributed by atoms with Gasteiger partial charge in [0.2, 0.25) is 5.91 Å². The van der Waals surface area contributed by atoms with Gasteiger partial charge in [0.25, 0.3) is 0 Å². The lowest BCUT2D eigenvalue weighted by Crippen LogP contribution is -2.23. The highest BCUT2D eigenvalue weighted by Crippen LogP contribution is 2.30. The molecule has 0 saturated carbocycles. The number of aryl methyl sites for hydroxylation is 2. The second-order valence-electron chi connectivity index (χ2n) is 5.15. The van der Waals surface area contributed by atoms with Crippen LogP contribution in [0.15, 0.2) is 23.4 Å². The lowest BCUT2D eigenvalue weighted by Gasteiger charge is -2.13. The van der Waals surface area contributed by atoms with Gasteiger partial charge in [0.05, 0.1) is 21.0 Å². The van der Waals surface area contributed by atoms with Gasteiger partial charge in [0.15, 0.2) is 5.16 Å². The Balaban J connectivity index is 2.10. The fourth-order valence-electron chi connectivity index (χ4n) is 1.84. The average Bonchev–Trinajstić information content (AvgIpc) is 2.49. The number of rotatable bonds is 4. The van der Waals surface area contributed by atoms with Crippen molar-refractivity contribution in [3.8, 4) is 0 Å². The van der Waals surface area contributed by atoms with E-state index in [-0.39, 0.29) is 11.2 Å². The first-order chi connectivity index (χ1) is 10.8. The Hall–Kier alpha value is -1.30. The smallest absolute Gasteiger partial charge is 0.237 e. The minimum atomic E-state index is -0.369. The summed E-state index contributed by atoms with van der Waals surface area (Å²) in [7, 11) is 0. The molecule has 0 radical (unpaired) electrons. The molecule has 1 heterocycles. The molecule has 0 spiro atoms. The molecule has 1 aromatic carbocycles. The Morgan fingerprint density at radius 1 is 1.17 bits per heavy atom. The third-order valence-corrected chi connectivity index (χ3v) is 5.25. The molecule has 2 aromatic rings. The van der Waals surface area contributed by atoms with Crippen LogP contribution in [0.2, 0.25) is 10.0 Å². The first kappa shape index (κ1) is 18.0. The molecule has 7 heteroatoms. The number of hydrogen-bond acceptors (Lipinski definition) is 4. The number of carbonyl (C=O) groups excluding carboxylic acids is 1. The second-order valence-corrected chi connectivity index (χ2v) is 7.25. The van der Waals surface area contributed by atoms with E-state index in [0.717, 1.165) is 17.0 Å². The highest BCUT2D eigenvalue weighted by atomic mass is 35.5. The molecule has 1 atom stereocenters. The van der Waals surface area contributed by atoms with Crippen molar-refractivity contribution in [3.05, 3.63) is 45.2 Å². The van der Waals surface area contributed by atoms with Crippen molar-refractivity contribution in [1.82, 2.24) is 9.97 Å². The molecule has 0 saturated heterocycles. The molecule has 0 bridgehead atoms. The Bertz CT molecular complexity index is 729. The van der Waals surface area contributed by atoms with Crippen molar-refractivity contribution in [3.63, 3.8) is 0 Å². The molecule has 1 amide bonds. The van der Waals surface area contributed by atoms with E-state index < -0.39 is 0 Å². The quantitative estimate of drug-likeness (QED) is 0.619. The second kappa shape index (κ2) is 7.51. The van der Waals surface area contributed by atoms with Crippen LogP contribution in [-0.2, 0) is 4.79 Å². The summed E-state index contributed by atoms with van der Waals surface area (Å²) < 4.78 is 0. The fraction of sp³-hybridized carbons (Fsp3) is 0.312. The third kappa shape index (κ3) is 4.37. The van der Waals surface area contributed by atoms with E-state index in [9.17, 15) is 4.79 Å². The Morgan fingerprint density at radius 2 is 1.78 bits per heavy atom. The standard InChI is InChI=1S/C16H17Cl2N3OS/c1-8-9(2)19-16(20-10(8)3)23-11(4)15(22)21-13-7-5-6-12(17)14(13)18/h5-7,11H,1-4H3,(H,21,22)/t11-/m0/s1. The summed E-state index contributed by atoms with van der Waals surface area (Å²) in [6.07, 6.45) is 0. The summed E-state index contributed by atoms with van der Waals surface area (Å²) >= 11 is 13.3. The van der Waals surface area contributed by atoms with E-state index in [0.29, 0.717) is 20.9 Å². The van der Waals surface area contributed by atoms with Crippen molar-refractivity contribution in [2.24, 2.45) is 0 Å². The first-order valence-electron chi connectivity index (χ1n) is 7.03. The van der Waals surface area contributed by atoms with Gasteiger partial charge in [0.1, 0.15) is 0 Å². The molecule has 0 aliphatic carbocycles. The zero-order valence-electron chi connectivity index (χ0n) is 13.3. The lowest BCUT2D eigenvalue weighted by molar-refractivity contribution is -0.115. The topological polar surface area (TPSA) is 54.9 Å². The van der Waals surface area contributed by atoms with Crippen molar-refractivity contribution < 1.29 is 4.79 Å². The number of hydrogen-bond donors (Lipinski definition) is 1. The largest absolute Gasteiger partial charge is 0.324 e. The number of thioether (sulfide) groups is 1. The summed E-state index contributed by atoms with van der Waals surface area (Å²) in [6, 6.07) is 5.11. The molecule has 2 rings (SSSR count). The highest BCUT2D eigenvalue weighted by molar-refractivity contribution is 8.00.